The number of benzene rings is 1. The van der Waals surface area contributed by atoms with Gasteiger partial charge in [0.2, 0.25) is 0 Å². The Morgan fingerprint density at radius 1 is 1.37 bits per heavy atom. The molecule has 0 spiro atoms. The molecular weight excluding hydrogens is 284 g/mol. The third-order valence-electron chi connectivity index (χ3n) is 2.34. The molecule has 1 aromatic carbocycles. The average Bonchev–Trinajstić information content (AvgIpc) is 2.42. The maximum absolute atomic E-state index is 6.08. The second-order valence-electron chi connectivity index (χ2n) is 3.62. The Kier molecular flexibility index (Phi) is 4.13. The van der Waals surface area contributed by atoms with Crippen LogP contribution in [0.5, 0.6) is 5.75 Å². The van der Waals surface area contributed by atoms with E-state index in [1.807, 2.05) is 0 Å². The molecule has 1 heterocycles. The second kappa shape index (κ2) is 5.81. The van der Waals surface area contributed by atoms with Gasteiger partial charge in [0.1, 0.15) is 22.2 Å². The highest BCUT2D eigenvalue weighted by molar-refractivity contribution is 7.80. The summed E-state index contributed by atoms with van der Waals surface area (Å²) >= 11 is 10.9. The van der Waals surface area contributed by atoms with Crippen molar-refractivity contribution in [3.05, 3.63) is 41.3 Å². The lowest BCUT2D eigenvalue weighted by Gasteiger charge is -2.09. The van der Waals surface area contributed by atoms with Crippen LogP contribution in [0.3, 0.4) is 0 Å². The third-order valence-corrected chi connectivity index (χ3v) is 2.88. The zero-order valence-corrected chi connectivity index (χ0v) is 11.6. The maximum Gasteiger partial charge on any atom is 0.148 e. The van der Waals surface area contributed by atoms with E-state index in [2.05, 4.69) is 15.3 Å². The molecule has 19 heavy (non-hydrogen) atoms. The molecule has 0 unspecified atom stereocenters. The molecule has 0 atom stereocenters. The predicted octanol–water partition coefficient (Wildman–Crippen LogP) is 2.52. The van der Waals surface area contributed by atoms with Gasteiger partial charge in [-0.15, -0.1) is 0 Å². The number of nitrogens with two attached hydrogens (primary N) is 1. The van der Waals surface area contributed by atoms with Crippen molar-refractivity contribution >= 4 is 40.3 Å². The van der Waals surface area contributed by atoms with Gasteiger partial charge in [-0.3, -0.25) is 0 Å². The highest BCUT2D eigenvalue weighted by atomic mass is 35.5. The van der Waals surface area contributed by atoms with Gasteiger partial charge >= 0.3 is 0 Å². The van der Waals surface area contributed by atoms with E-state index in [1.54, 1.807) is 25.3 Å². The molecule has 2 rings (SSSR count). The van der Waals surface area contributed by atoms with Gasteiger partial charge in [-0.1, -0.05) is 23.8 Å². The SMILES string of the molecule is COc1ccc(Cl)c(Nc2cnc(C(N)=S)cn2)c1. The van der Waals surface area contributed by atoms with Gasteiger partial charge in [-0.2, -0.15) is 0 Å². The van der Waals surface area contributed by atoms with E-state index in [4.69, 9.17) is 34.3 Å². The molecule has 0 aliphatic rings. The fourth-order valence-corrected chi connectivity index (χ4v) is 1.66. The molecular formula is C12H11ClN4OS. The van der Waals surface area contributed by atoms with Crippen molar-refractivity contribution in [2.24, 2.45) is 5.73 Å². The monoisotopic (exact) mass is 294 g/mol. The molecule has 0 radical (unpaired) electrons. The van der Waals surface area contributed by atoms with E-state index < -0.39 is 0 Å². The largest absolute Gasteiger partial charge is 0.497 e. The summed E-state index contributed by atoms with van der Waals surface area (Å²) < 4.78 is 5.13. The quantitative estimate of drug-likeness (QED) is 0.844. The van der Waals surface area contributed by atoms with Crippen molar-refractivity contribution < 1.29 is 4.74 Å². The van der Waals surface area contributed by atoms with Gasteiger partial charge in [0.05, 0.1) is 30.2 Å². The van der Waals surface area contributed by atoms with E-state index >= 15 is 0 Å². The third kappa shape index (κ3) is 3.30. The molecule has 0 saturated carbocycles. The molecule has 7 heteroatoms. The van der Waals surface area contributed by atoms with Crippen LogP contribution in [-0.2, 0) is 0 Å². The Bertz CT molecular complexity index is 603. The summed E-state index contributed by atoms with van der Waals surface area (Å²) in [6, 6.07) is 5.28. The highest BCUT2D eigenvalue weighted by Crippen LogP contribution is 2.28. The lowest BCUT2D eigenvalue weighted by atomic mass is 10.3. The molecule has 3 N–H and O–H groups in total. The van der Waals surface area contributed by atoms with Gasteiger partial charge in [-0.25, -0.2) is 9.97 Å². The first-order valence-electron chi connectivity index (χ1n) is 5.32. The molecule has 0 fully saturated rings. The number of halogens is 1. The van der Waals surface area contributed by atoms with Crippen LogP contribution in [-0.4, -0.2) is 22.1 Å². The summed E-state index contributed by atoms with van der Waals surface area (Å²) in [5, 5.41) is 3.60. The van der Waals surface area contributed by atoms with Crippen LogP contribution in [0, 0.1) is 0 Å². The summed E-state index contributed by atoms with van der Waals surface area (Å²) in [6.07, 6.45) is 3.03. The number of thiocarbonyl (C=S) groups is 1. The van der Waals surface area contributed by atoms with Crippen LogP contribution in [0.25, 0.3) is 0 Å². The first-order valence-corrected chi connectivity index (χ1v) is 6.11. The van der Waals surface area contributed by atoms with E-state index in [-0.39, 0.29) is 4.99 Å². The van der Waals surface area contributed by atoms with Crippen LogP contribution >= 0.6 is 23.8 Å². The Labute approximate surface area is 120 Å². The van der Waals surface area contributed by atoms with E-state index in [9.17, 15) is 0 Å². The first kappa shape index (κ1) is 13.5. The smallest absolute Gasteiger partial charge is 0.148 e. The Hall–Kier alpha value is -1.92. The fraction of sp³-hybridized carbons (Fsp3) is 0.0833. The van der Waals surface area contributed by atoms with Crippen molar-refractivity contribution in [1.82, 2.24) is 9.97 Å². The molecule has 2 aromatic rings. The summed E-state index contributed by atoms with van der Waals surface area (Å²) in [5.41, 5.74) is 6.60. The second-order valence-corrected chi connectivity index (χ2v) is 4.47. The van der Waals surface area contributed by atoms with E-state index in [1.165, 1.54) is 12.4 Å². The predicted molar refractivity (Wildman–Crippen MR) is 79.2 cm³/mol. The zero-order valence-electron chi connectivity index (χ0n) is 10.1. The standard InChI is InChI=1S/C12H11ClN4OS/c1-18-7-2-3-8(13)9(4-7)17-11-6-15-10(5-16-11)12(14)19/h2-6H,1H3,(H2,14,19)(H,16,17). The van der Waals surface area contributed by atoms with Gasteiger partial charge in [0.25, 0.3) is 0 Å². The lowest BCUT2D eigenvalue weighted by Crippen LogP contribution is -2.12. The molecule has 1 aromatic heterocycles. The average molecular weight is 295 g/mol. The highest BCUT2D eigenvalue weighted by Gasteiger charge is 2.05. The van der Waals surface area contributed by atoms with Crippen LogP contribution < -0.4 is 15.8 Å². The van der Waals surface area contributed by atoms with Crippen molar-refractivity contribution in [3.8, 4) is 5.75 Å². The van der Waals surface area contributed by atoms with Crippen molar-refractivity contribution in [2.75, 3.05) is 12.4 Å². The molecule has 5 nitrogen and oxygen atoms in total. The minimum atomic E-state index is 0.207. The van der Waals surface area contributed by atoms with Crippen molar-refractivity contribution in [1.29, 1.82) is 0 Å². The number of nitrogens with one attached hydrogen (secondary N) is 1. The minimum absolute atomic E-state index is 0.207. The Balaban J connectivity index is 2.23. The minimum Gasteiger partial charge on any atom is -0.497 e. The maximum atomic E-state index is 6.08. The number of nitrogens with zero attached hydrogens (tertiary/aromatic N) is 2. The van der Waals surface area contributed by atoms with Gasteiger partial charge in [0.15, 0.2) is 0 Å². The van der Waals surface area contributed by atoms with Crippen LogP contribution in [0.2, 0.25) is 5.02 Å². The van der Waals surface area contributed by atoms with Gasteiger partial charge < -0.3 is 15.8 Å². The van der Waals surface area contributed by atoms with Gasteiger partial charge in [-0.05, 0) is 12.1 Å². The summed E-state index contributed by atoms with van der Waals surface area (Å²) in [7, 11) is 1.59. The van der Waals surface area contributed by atoms with Gasteiger partial charge in [0, 0.05) is 6.07 Å². The van der Waals surface area contributed by atoms with Crippen LogP contribution in [0.4, 0.5) is 11.5 Å². The number of aromatic nitrogens is 2. The molecule has 98 valence electrons. The number of anilines is 2. The molecule has 0 bridgehead atoms. The Morgan fingerprint density at radius 2 is 2.16 bits per heavy atom. The van der Waals surface area contributed by atoms with Crippen LogP contribution in [0.15, 0.2) is 30.6 Å². The number of ether oxygens (including phenoxy) is 1. The lowest BCUT2D eigenvalue weighted by molar-refractivity contribution is 0.415. The fourth-order valence-electron chi connectivity index (χ4n) is 1.38. The van der Waals surface area contributed by atoms with Crippen molar-refractivity contribution in [3.63, 3.8) is 0 Å². The van der Waals surface area contributed by atoms with Crippen LogP contribution in [0.1, 0.15) is 5.69 Å². The number of rotatable bonds is 4. The van der Waals surface area contributed by atoms with Crippen molar-refractivity contribution in [2.45, 2.75) is 0 Å². The normalized spacial score (nSPS) is 10.0. The zero-order chi connectivity index (χ0) is 13.8. The number of hydrogen-bond donors (Lipinski definition) is 2. The summed E-state index contributed by atoms with van der Waals surface area (Å²) in [6.45, 7) is 0. The summed E-state index contributed by atoms with van der Waals surface area (Å²) in [4.78, 5) is 8.44. The molecule has 0 aliphatic carbocycles. The molecule has 0 aliphatic heterocycles. The van der Waals surface area contributed by atoms with E-state index in [0.717, 1.165) is 0 Å². The molecule has 0 amide bonds. The first-order chi connectivity index (χ1) is 9.10. The topological polar surface area (TPSA) is 73.1 Å². The number of methoxy groups -OCH3 is 1. The summed E-state index contributed by atoms with van der Waals surface area (Å²) in [5.74, 6) is 1.23. The molecule has 0 saturated heterocycles. The van der Waals surface area contributed by atoms with E-state index in [0.29, 0.717) is 28.0 Å². The Morgan fingerprint density at radius 3 is 2.74 bits per heavy atom. The number of hydrogen-bond acceptors (Lipinski definition) is 5.